The Labute approximate surface area is 204 Å². The fraction of sp³-hybridized carbons (Fsp3) is 0.250. The Balaban J connectivity index is 0.00000124. The molecule has 1 atom stereocenters. The second kappa shape index (κ2) is 10.6. The molecule has 158 valence electrons. The molecule has 3 heterocycles. The maximum absolute atomic E-state index is 6.31. The number of imidazole rings is 1. The summed E-state index contributed by atoms with van der Waals surface area (Å²) in [6, 6.07) is 8.18. The number of pyridine rings is 1. The first-order valence-electron chi connectivity index (χ1n) is 9.30. The van der Waals surface area contributed by atoms with Crippen LogP contribution in [0.4, 0.5) is 11.4 Å². The van der Waals surface area contributed by atoms with E-state index in [-0.39, 0.29) is 0 Å². The lowest BCUT2D eigenvalue weighted by molar-refractivity contribution is 1.10. The molecule has 4 aromatic rings. The van der Waals surface area contributed by atoms with Gasteiger partial charge in [0, 0.05) is 27.6 Å². The van der Waals surface area contributed by atoms with Crippen LogP contribution >= 0.6 is 63.1 Å². The zero-order chi connectivity index (χ0) is 21.8. The first-order chi connectivity index (χ1) is 14.5. The average Bonchev–Trinajstić information content (AvgIpc) is 3.32. The molecular weight excluding hydrogens is 568 g/mol. The summed E-state index contributed by atoms with van der Waals surface area (Å²) in [5.74, 6) is 0.931. The van der Waals surface area contributed by atoms with Gasteiger partial charge in [-0.1, -0.05) is 25.4 Å². The molecule has 0 aliphatic rings. The van der Waals surface area contributed by atoms with Crippen molar-refractivity contribution in [3.8, 4) is 10.6 Å². The number of nitrogens with zero attached hydrogens (tertiary/aromatic N) is 4. The largest absolute Gasteiger partial charge is 0.353 e. The summed E-state index contributed by atoms with van der Waals surface area (Å²) in [4.78, 5) is 14.9. The summed E-state index contributed by atoms with van der Waals surface area (Å²) < 4.78 is 2.08. The lowest BCUT2D eigenvalue weighted by Gasteiger charge is -2.13. The van der Waals surface area contributed by atoms with Gasteiger partial charge in [-0.05, 0) is 60.3 Å². The van der Waals surface area contributed by atoms with E-state index in [0.29, 0.717) is 11.5 Å². The number of benzene rings is 1. The Morgan fingerprint density at radius 2 is 1.90 bits per heavy atom. The molecule has 4 rings (SSSR count). The van der Waals surface area contributed by atoms with Crippen molar-refractivity contribution in [2.24, 2.45) is 0 Å². The van der Waals surface area contributed by atoms with Crippen molar-refractivity contribution in [2.75, 3.05) is 11.6 Å². The average molecular weight is 590 g/mol. The lowest BCUT2D eigenvalue weighted by Crippen LogP contribution is -1.96. The van der Waals surface area contributed by atoms with Crippen molar-refractivity contribution in [1.82, 2.24) is 19.3 Å². The van der Waals surface area contributed by atoms with Gasteiger partial charge in [-0.15, -0.1) is 23.1 Å². The molecule has 0 aliphatic heterocycles. The summed E-state index contributed by atoms with van der Waals surface area (Å²) in [7, 11) is 0. The van der Waals surface area contributed by atoms with E-state index in [0.717, 1.165) is 49.5 Å². The number of nitrogens with one attached hydrogen (secondary N) is 1. The van der Waals surface area contributed by atoms with E-state index >= 15 is 0 Å². The molecule has 0 aliphatic carbocycles. The van der Waals surface area contributed by atoms with E-state index < -0.39 is 0 Å². The van der Waals surface area contributed by atoms with Crippen LogP contribution in [-0.4, -0.2) is 25.5 Å². The van der Waals surface area contributed by atoms with Crippen molar-refractivity contribution in [1.29, 1.82) is 0 Å². The Hall–Kier alpha value is -0.930. The monoisotopic (exact) mass is 589 g/mol. The molecule has 0 spiro atoms. The van der Waals surface area contributed by atoms with Crippen LogP contribution in [-0.2, 0) is 0 Å². The Kier molecular flexibility index (Phi) is 8.38. The Morgan fingerprint density at radius 3 is 2.53 bits per heavy atom. The number of thioether (sulfide) groups is 1. The van der Waals surface area contributed by atoms with Crippen molar-refractivity contribution < 1.29 is 0 Å². The smallest absolute Gasteiger partial charge is 0.167 e. The first-order valence-corrected chi connectivity index (χ1v) is 15.8. The summed E-state index contributed by atoms with van der Waals surface area (Å²) in [6.07, 6.45) is 2.59. The van der Waals surface area contributed by atoms with Gasteiger partial charge in [0.2, 0.25) is 0 Å². The van der Waals surface area contributed by atoms with E-state index in [2.05, 4.69) is 71.5 Å². The zero-order valence-corrected chi connectivity index (χ0v) is 22.8. The fourth-order valence-electron chi connectivity index (χ4n) is 2.88. The quantitative estimate of drug-likeness (QED) is 0.110. The van der Waals surface area contributed by atoms with Crippen LogP contribution in [0.5, 0.6) is 0 Å². The number of rotatable bonds is 5. The molecule has 10 heteroatoms. The van der Waals surface area contributed by atoms with Crippen LogP contribution in [0, 0.1) is 13.8 Å². The highest BCUT2D eigenvalue weighted by molar-refractivity contribution is 14.2. The van der Waals surface area contributed by atoms with E-state index in [1.165, 1.54) is 0 Å². The number of fused-ring (bicyclic) bond motifs is 1. The van der Waals surface area contributed by atoms with Gasteiger partial charge in [-0.25, -0.2) is 15.0 Å². The van der Waals surface area contributed by atoms with Crippen LogP contribution in [0.15, 0.2) is 34.5 Å². The highest BCUT2D eigenvalue weighted by Crippen LogP contribution is 2.38. The van der Waals surface area contributed by atoms with E-state index in [1.54, 1.807) is 23.1 Å². The molecule has 0 amide bonds. The van der Waals surface area contributed by atoms with E-state index in [4.69, 9.17) is 16.6 Å². The Bertz CT molecular complexity index is 1180. The third kappa shape index (κ3) is 4.93. The van der Waals surface area contributed by atoms with Crippen molar-refractivity contribution in [3.63, 3.8) is 0 Å². The minimum absolute atomic E-state index is 0.450. The van der Waals surface area contributed by atoms with Gasteiger partial charge in [-0.3, -0.25) is 4.34 Å². The van der Waals surface area contributed by atoms with Crippen molar-refractivity contribution >= 4 is 85.7 Å². The second-order valence-electron chi connectivity index (χ2n) is 6.08. The zero-order valence-electron chi connectivity index (χ0n) is 17.2. The minimum Gasteiger partial charge on any atom is -0.353 e. The number of thiazole rings is 1. The highest BCUT2D eigenvalue weighted by atomic mass is 127. The van der Waals surface area contributed by atoms with Gasteiger partial charge >= 0.3 is 0 Å². The number of hydrogen-bond acceptors (Lipinski definition) is 6. The first kappa shape index (κ1) is 23.7. The summed E-state index contributed by atoms with van der Waals surface area (Å²) >= 11 is 12.0. The van der Waals surface area contributed by atoms with E-state index in [1.807, 2.05) is 33.8 Å². The summed E-state index contributed by atoms with van der Waals surface area (Å²) in [5.41, 5.74) is 5.68. The number of hydrogen-bond donors (Lipinski definition) is 1. The van der Waals surface area contributed by atoms with Crippen LogP contribution in [0.1, 0.15) is 25.4 Å². The predicted octanol–water partition coefficient (Wildman–Crippen LogP) is 8.11. The fourth-order valence-corrected chi connectivity index (χ4v) is 6.59. The molecule has 0 fully saturated rings. The molecule has 5 nitrogen and oxygen atoms in total. The molecule has 1 unspecified atom stereocenters. The normalized spacial score (nSPS) is 11.2. The topological polar surface area (TPSA) is 55.6 Å². The molecule has 0 saturated carbocycles. The van der Waals surface area contributed by atoms with Crippen LogP contribution < -0.4 is 5.32 Å². The van der Waals surface area contributed by atoms with Crippen molar-refractivity contribution in [2.45, 2.75) is 32.6 Å². The third-order valence-electron chi connectivity index (χ3n) is 4.17. The van der Waals surface area contributed by atoms with Gasteiger partial charge in [0.05, 0.1) is 17.7 Å². The molecule has 0 saturated heterocycles. The predicted molar refractivity (Wildman–Crippen MR) is 144 cm³/mol. The van der Waals surface area contributed by atoms with Crippen LogP contribution in [0.25, 0.3) is 21.7 Å². The van der Waals surface area contributed by atoms with Crippen LogP contribution in [0.2, 0.25) is 5.15 Å². The van der Waals surface area contributed by atoms with E-state index in [9.17, 15) is 0 Å². The van der Waals surface area contributed by atoms with Gasteiger partial charge in [-0.2, -0.15) is 0 Å². The molecule has 1 N–H and O–H groups in total. The number of aromatic nitrogens is 4. The van der Waals surface area contributed by atoms with Crippen LogP contribution in [0.3, 0.4) is 0 Å². The molecule has 0 bridgehead atoms. The SMILES string of the molecule is CC.CSc1cc(-c2nc(C)cs2)ccc1Nc1cc(Cl)nc2c1nc(C)n2PI. The highest BCUT2D eigenvalue weighted by Gasteiger charge is 2.15. The maximum atomic E-state index is 6.31. The van der Waals surface area contributed by atoms with Gasteiger partial charge in [0.25, 0.3) is 0 Å². The molecule has 0 radical (unpaired) electrons. The third-order valence-corrected chi connectivity index (χ3v) is 8.31. The summed E-state index contributed by atoms with van der Waals surface area (Å²) in [5, 5.41) is 7.07. The lowest BCUT2D eigenvalue weighted by atomic mass is 10.2. The maximum Gasteiger partial charge on any atom is 0.167 e. The molecule has 30 heavy (non-hydrogen) atoms. The number of halogens is 2. The molecule has 1 aromatic carbocycles. The standard InChI is InChI=1S/C18H16ClIN5PS2.C2H6/c1-9-8-28-18(21-9)11-4-5-12(14(6-11)27-3)23-13-7-15(19)24-17-16(13)22-10(2)25(17)26-20;1-2/h4-8,26H,1-3H3,(H,23,24);1-2H3. The molecular formula is C20H22ClIN5PS2. The minimum atomic E-state index is 0.450. The number of aryl methyl sites for hydroxylation is 2. The second-order valence-corrected chi connectivity index (χ2v) is 10.2. The van der Waals surface area contributed by atoms with Gasteiger partial charge in [0.1, 0.15) is 21.5 Å². The van der Waals surface area contributed by atoms with Gasteiger partial charge in [0.15, 0.2) is 5.65 Å². The van der Waals surface area contributed by atoms with Crippen molar-refractivity contribution in [3.05, 3.63) is 46.3 Å². The molecule has 3 aromatic heterocycles. The van der Waals surface area contributed by atoms with Gasteiger partial charge < -0.3 is 5.32 Å². The number of anilines is 2. The summed E-state index contributed by atoms with van der Waals surface area (Å²) in [6.45, 7) is 8.00. The Morgan fingerprint density at radius 1 is 1.13 bits per heavy atom.